The average molecular weight is 666 g/mol. The molecule has 7 aromatic carbocycles. The number of rotatable bonds is 4. The van der Waals surface area contributed by atoms with Crippen LogP contribution in [0.2, 0.25) is 0 Å². The molecule has 0 fully saturated rings. The number of para-hydroxylation sites is 1. The number of nitrogens with zero attached hydrogens (tertiary/aromatic N) is 5. The molecule has 1 aliphatic rings. The lowest BCUT2D eigenvalue weighted by molar-refractivity contribution is 0.889. The molecule has 0 aliphatic heterocycles. The lowest BCUT2D eigenvalue weighted by Crippen LogP contribution is -2.12. The molecule has 10 aromatic rings. The lowest BCUT2D eigenvalue weighted by atomic mass is 9.91. The minimum Gasteiger partial charge on any atom is -0.307 e. The van der Waals surface area contributed by atoms with Gasteiger partial charge in [0.2, 0.25) is 5.95 Å². The van der Waals surface area contributed by atoms with Crippen LogP contribution in [0.4, 0.5) is 0 Å². The van der Waals surface area contributed by atoms with Crippen molar-refractivity contribution in [2.45, 2.75) is 12.8 Å². The Kier molecular flexibility index (Phi) is 6.31. The van der Waals surface area contributed by atoms with Crippen molar-refractivity contribution in [3.8, 4) is 45.8 Å². The van der Waals surface area contributed by atoms with Crippen LogP contribution < -0.4 is 0 Å². The normalized spacial score (nSPS) is 12.5. The van der Waals surface area contributed by atoms with Gasteiger partial charge in [-0.25, -0.2) is 4.98 Å². The van der Waals surface area contributed by atoms with Crippen molar-refractivity contribution in [2.75, 3.05) is 0 Å². The molecule has 5 nitrogen and oxygen atoms in total. The third-order valence-corrected chi connectivity index (χ3v) is 10.7. The number of benzene rings is 7. The molecule has 244 valence electrons. The van der Waals surface area contributed by atoms with Gasteiger partial charge in [0.25, 0.3) is 0 Å². The third-order valence-electron chi connectivity index (χ3n) is 10.7. The first-order chi connectivity index (χ1) is 25.8. The molecule has 52 heavy (non-hydrogen) atoms. The first kappa shape index (κ1) is 28.9. The number of hydrogen-bond acceptors (Lipinski definition) is 3. The van der Waals surface area contributed by atoms with Gasteiger partial charge in [-0.15, -0.1) is 0 Å². The zero-order chi connectivity index (χ0) is 34.2. The van der Waals surface area contributed by atoms with Crippen LogP contribution in [0.5, 0.6) is 0 Å². The lowest BCUT2D eigenvalue weighted by Gasteiger charge is -2.21. The summed E-state index contributed by atoms with van der Waals surface area (Å²) in [5.74, 6) is 1.90. The summed E-state index contributed by atoms with van der Waals surface area (Å²) in [6.45, 7) is 0. The average Bonchev–Trinajstić information content (AvgIpc) is 3.75. The van der Waals surface area contributed by atoms with Gasteiger partial charge in [-0.2, -0.15) is 9.97 Å². The van der Waals surface area contributed by atoms with Gasteiger partial charge in [-0.3, -0.25) is 4.57 Å². The summed E-state index contributed by atoms with van der Waals surface area (Å²) in [4.78, 5) is 15.8. The van der Waals surface area contributed by atoms with Gasteiger partial charge in [0, 0.05) is 38.4 Å². The molecule has 0 radical (unpaired) electrons. The summed E-state index contributed by atoms with van der Waals surface area (Å²) in [6.07, 6.45) is 1.84. The van der Waals surface area contributed by atoms with Gasteiger partial charge < -0.3 is 4.57 Å². The highest BCUT2D eigenvalue weighted by molar-refractivity contribution is 6.14. The second-order valence-electron chi connectivity index (χ2n) is 13.5. The van der Waals surface area contributed by atoms with Crippen molar-refractivity contribution in [3.05, 3.63) is 175 Å². The highest BCUT2D eigenvalue weighted by Crippen LogP contribution is 2.49. The predicted molar refractivity (Wildman–Crippen MR) is 212 cm³/mol. The van der Waals surface area contributed by atoms with E-state index in [1.54, 1.807) is 0 Å². The molecule has 0 saturated heterocycles. The molecule has 5 heteroatoms. The van der Waals surface area contributed by atoms with E-state index >= 15 is 0 Å². The van der Waals surface area contributed by atoms with Crippen molar-refractivity contribution in [3.63, 3.8) is 0 Å². The smallest absolute Gasteiger partial charge is 0.238 e. The van der Waals surface area contributed by atoms with Crippen molar-refractivity contribution < 1.29 is 0 Å². The fraction of sp³-hybridized carbons (Fsp3) is 0.0426. The summed E-state index contributed by atoms with van der Waals surface area (Å²) in [6, 6.07) is 57.9. The number of aromatic nitrogens is 5. The van der Waals surface area contributed by atoms with Crippen LogP contribution in [-0.2, 0) is 12.8 Å². The molecule has 3 aromatic heterocycles. The summed E-state index contributed by atoms with van der Waals surface area (Å²) in [7, 11) is 0. The summed E-state index contributed by atoms with van der Waals surface area (Å²) >= 11 is 0. The number of fused-ring (bicyclic) bond motifs is 11. The van der Waals surface area contributed by atoms with E-state index in [2.05, 4.69) is 137 Å². The molecule has 1 aliphatic carbocycles. The van der Waals surface area contributed by atoms with Crippen LogP contribution in [0.25, 0.3) is 89.2 Å². The van der Waals surface area contributed by atoms with E-state index in [-0.39, 0.29) is 0 Å². The molecule has 0 bridgehead atoms. The quantitative estimate of drug-likeness (QED) is 0.188. The standard InChI is InChI=1S/C47H31N5/c1-4-16-32(17-5-1)45-48-46(33-18-6-2-7-19-33)50-47(49-45)52-42-36-23-13-11-15-31(36)25-27-38(42)40-29-28-39-37-26-24-30-14-10-12-22-35(30)41(37)51(43(39)44(40)52)34-20-8-3-9-21-34/h1-27H,28-29H2. The second kappa shape index (κ2) is 11.3. The fourth-order valence-corrected chi connectivity index (χ4v) is 8.41. The van der Waals surface area contributed by atoms with Gasteiger partial charge in [0.15, 0.2) is 11.6 Å². The van der Waals surface area contributed by atoms with Crippen LogP contribution in [0.15, 0.2) is 164 Å². The maximum atomic E-state index is 5.35. The highest BCUT2D eigenvalue weighted by atomic mass is 15.2. The molecular weight excluding hydrogens is 635 g/mol. The minimum absolute atomic E-state index is 0.609. The fourth-order valence-electron chi connectivity index (χ4n) is 8.41. The topological polar surface area (TPSA) is 48.5 Å². The van der Waals surface area contributed by atoms with Gasteiger partial charge in [-0.05, 0) is 46.9 Å². The monoisotopic (exact) mass is 665 g/mol. The Bertz CT molecular complexity index is 2940. The number of hydrogen-bond donors (Lipinski definition) is 0. The third kappa shape index (κ3) is 4.26. The molecule has 3 heterocycles. The summed E-state index contributed by atoms with van der Waals surface area (Å²) < 4.78 is 4.85. The van der Waals surface area contributed by atoms with Crippen molar-refractivity contribution in [1.82, 2.24) is 24.1 Å². The van der Waals surface area contributed by atoms with E-state index in [9.17, 15) is 0 Å². The van der Waals surface area contributed by atoms with Crippen LogP contribution in [0, 0.1) is 0 Å². The van der Waals surface area contributed by atoms with E-state index in [4.69, 9.17) is 15.0 Å². The first-order valence-corrected chi connectivity index (χ1v) is 17.8. The van der Waals surface area contributed by atoms with Crippen LogP contribution in [0.3, 0.4) is 0 Å². The zero-order valence-corrected chi connectivity index (χ0v) is 28.2. The van der Waals surface area contributed by atoms with Gasteiger partial charge >= 0.3 is 0 Å². The highest BCUT2D eigenvalue weighted by Gasteiger charge is 2.33. The van der Waals surface area contributed by atoms with Crippen LogP contribution >= 0.6 is 0 Å². The summed E-state index contributed by atoms with van der Waals surface area (Å²) in [5.41, 5.74) is 10.4. The molecule has 11 rings (SSSR count). The Morgan fingerprint density at radius 2 is 0.808 bits per heavy atom. The molecule has 0 N–H and O–H groups in total. The first-order valence-electron chi connectivity index (χ1n) is 17.8. The maximum absolute atomic E-state index is 5.35. The van der Waals surface area contributed by atoms with Gasteiger partial charge in [-0.1, -0.05) is 152 Å². The van der Waals surface area contributed by atoms with Gasteiger partial charge in [0.05, 0.1) is 22.4 Å². The van der Waals surface area contributed by atoms with E-state index in [0.717, 1.165) is 40.9 Å². The van der Waals surface area contributed by atoms with Crippen LogP contribution in [0.1, 0.15) is 11.1 Å². The Morgan fingerprint density at radius 3 is 1.35 bits per heavy atom. The Hall–Kier alpha value is -6.85. The van der Waals surface area contributed by atoms with Gasteiger partial charge in [0.1, 0.15) is 0 Å². The second-order valence-corrected chi connectivity index (χ2v) is 13.5. The Balaban J connectivity index is 1.34. The molecule has 0 atom stereocenters. The Labute approximate surface area is 300 Å². The minimum atomic E-state index is 0.609. The van der Waals surface area contributed by atoms with E-state index in [1.807, 2.05) is 36.4 Å². The molecule has 0 saturated carbocycles. The molecular formula is C47H31N5. The van der Waals surface area contributed by atoms with Crippen molar-refractivity contribution >= 4 is 43.4 Å². The van der Waals surface area contributed by atoms with Crippen molar-refractivity contribution in [2.24, 2.45) is 0 Å². The largest absolute Gasteiger partial charge is 0.307 e. The van der Waals surface area contributed by atoms with E-state index in [1.165, 1.54) is 54.7 Å². The Morgan fingerprint density at radius 1 is 0.365 bits per heavy atom. The van der Waals surface area contributed by atoms with Crippen molar-refractivity contribution in [1.29, 1.82) is 0 Å². The zero-order valence-electron chi connectivity index (χ0n) is 28.2. The maximum Gasteiger partial charge on any atom is 0.238 e. The molecule has 0 unspecified atom stereocenters. The predicted octanol–water partition coefficient (Wildman–Crippen LogP) is 11.2. The van der Waals surface area contributed by atoms with E-state index < -0.39 is 0 Å². The van der Waals surface area contributed by atoms with Crippen LogP contribution in [-0.4, -0.2) is 24.1 Å². The molecule has 0 amide bonds. The summed E-state index contributed by atoms with van der Waals surface area (Å²) in [5, 5.41) is 7.35. The molecule has 0 spiro atoms. The SMILES string of the molecule is c1ccc(-c2nc(-c3ccccc3)nc(-n3c4c(c5ccc6ccccc6c53)CCc3c-4n(-c4ccccc4)c4c3ccc3ccccc34)n2)cc1. The number of aryl methyl sites for hydroxylation is 2. The van der Waals surface area contributed by atoms with E-state index in [0.29, 0.717) is 17.6 Å².